The van der Waals surface area contributed by atoms with Crippen LogP contribution in [-0.2, 0) is 25.5 Å². The largest absolute Gasteiger partial charge is 0.464 e. The minimum absolute atomic E-state index is 0.0539. The zero-order valence-electron chi connectivity index (χ0n) is 17.2. The van der Waals surface area contributed by atoms with Crippen LogP contribution in [0.2, 0.25) is 10.0 Å². The minimum atomic E-state index is -1.80. The molecule has 0 aliphatic heterocycles. The van der Waals surface area contributed by atoms with Crippen molar-refractivity contribution in [3.8, 4) is 11.1 Å². The van der Waals surface area contributed by atoms with Gasteiger partial charge in [-0.15, -0.1) is 0 Å². The monoisotopic (exact) mass is 469 g/mol. The second-order valence-electron chi connectivity index (χ2n) is 6.85. The molecule has 0 aliphatic rings. The summed E-state index contributed by atoms with van der Waals surface area (Å²) >= 11 is 12.1. The van der Waals surface area contributed by atoms with Crippen molar-refractivity contribution in [3.63, 3.8) is 0 Å². The van der Waals surface area contributed by atoms with Crippen LogP contribution in [0.5, 0.6) is 0 Å². The Morgan fingerprint density at radius 3 is 2.19 bits per heavy atom. The molecule has 0 bridgehead atoms. The van der Waals surface area contributed by atoms with E-state index in [0.29, 0.717) is 10.0 Å². The molecule has 0 fully saturated rings. The normalized spacial score (nSPS) is 13.9. The first-order valence-electron chi connectivity index (χ1n) is 9.61. The van der Waals surface area contributed by atoms with Crippen LogP contribution in [-0.4, -0.2) is 60.7 Å². The van der Waals surface area contributed by atoms with Gasteiger partial charge in [-0.25, -0.2) is 4.79 Å². The first-order chi connectivity index (χ1) is 14.7. The highest BCUT2D eigenvalue weighted by Crippen LogP contribution is 2.27. The third kappa shape index (κ3) is 7.48. The quantitative estimate of drug-likeness (QED) is 0.462. The Morgan fingerprint density at radius 2 is 1.65 bits per heavy atom. The van der Waals surface area contributed by atoms with E-state index >= 15 is 0 Å². The molecule has 0 saturated heterocycles. The van der Waals surface area contributed by atoms with Gasteiger partial charge in [-0.2, -0.15) is 0 Å². The van der Waals surface area contributed by atoms with E-state index in [1.165, 1.54) is 7.11 Å². The van der Waals surface area contributed by atoms with Gasteiger partial charge in [-0.3, -0.25) is 4.79 Å². The van der Waals surface area contributed by atoms with E-state index in [2.05, 4.69) is 5.32 Å². The number of aliphatic hydroxyl groups excluding tert-OH is 2. The van der Waals surface area contributed by atoms with Crippen LogP contribution in [0.1, 0.15) is 12.5 Å². The lowest BCUT2D eigenvalue weighted by molar-refractivity contribution is -0.161. The molecule has 3 atom stereocenters. The van der Waals surface area contributed by atoms with E-state index in [1.54, 1.807) is 25.1 Å². The molecular weight excluding hydrogens is 445 g/mol. The Hall–Kier alpha value is -2.16. The summed E-state index contributed by atoms with van der Waals surface area (Å²) in [6, 6.07) is 11.6. The number of carbonyl (C=O) groups excluding carboxylic acids is 2. The first-order valence-corrected chi connectivity index (χ1v) is 10.4. The molecule has 0 saturated carbocycles. The molecule has 168 valence electrons. The summed E-state index contributed by atoms with van der Waals surface area (Å²) in [4.78, 5) is 23.8. The van der Waals surface area contributed by atoms with Gasteiger partial charge in [0, 0.05) is 17.2 Å². The number of halogens is 2. The van der Waals surface area contributed by atoms with E-state index in [4.69, 9.17) is 32.7 Å². The fourth-order valence-corrected chi connectivity index (χ4v) is 3.56. The van der Waals surface area contributed by atoms with Gasteiger partial charge in [0.05, 0.1) is 12.6 Å². The molecule has 31 heavy (non-hydrogen) atoms. The number of methoxy groups -OCH3 is 1. The molecule has 0 heterocycles. The van der Waals surface area contributed by atoms with Crippen molar-refractivity contribution in [1.82, 2.24) is 5.32 Å². The highest BCUT2D eigenvalue weighted by atomic mass is 35.5. The van der Waals surface area contributed by atoms with Gasteiger partial charge in [-0.05, 0) is 48.2 Å². The second-order valence-corrected chi connectivity index (χ2v) is 7.73. The van der Waals surface area contributed by atoms with E-state index < -0.39 is 30.1 Å². The van der Waals surface area contributed by atoms with E-state index in [1.807, 2.05) is 24.3 Å². The molecule has 3 N–H and O–H groups in total. The summed E-state index contributed by atoms with van der Waals surface area (Å²) in [6.07, 6.45) is -3.23. The van der Waals surface area contributed by atoms with E-state index in [-0.39, 0.29) is 19.6 Å². The molecule has 0 spiro atoms. The smallest absolute Gasteiger partial charge is 0.337 e. The summed E-state index contributed by atoms with van der Waals surface area (Å²) in [5, 5.41) is 24.3. The van der Waals surface area contributed by atoms with Crippen LogP contribution < -0.4 is 5.32 Å². The molecule has 0 radical (unpaired) electrons. The average molecular weight is 470 g/mol. The Labute approximate surface area is 190 Å². The average Bonchev–Trinajstić information content (AvgIpc) is 2.72. The van der Waals surface area contributed by atoms with Crippen molar-refractivity contribution in [2.45, 2.75) is 31.6 Å². The molecule has 7 nitrogen and oxygen atoms in total. The van der Waals surface area contributed by atoms with Crippen LogP contribution in [0.4, 0.5) is 0 Å². The van der Waals surface area contributed by atoms with Crippen LogP contribution in [0.15, 0.2) is 42.5 Å². The van der Waals surface area contributed by atoms with Gasteiger partial charge >= 0.3 is 5.97 Å². The fraction of sp³-hybridized carbons (Fsp3) is 0.364. The lowest BCUT2D eigenvalue weighted by Crippen LogP contribution is -2.53. The number of ether oxygens (including phenoxy) is 2. The number of esters is 1. The zero-order chi connectivity index (χ0) is 23.0. The summed E-state index contributed by atoms with van der Waals surface area (Å²) in [5.74, 6) is -1.46. The van der Waals surface area contributed by atoms with Crippen LogP contribution in [0.3, 0.4) is 0 Å². The Bertz CT molecular complexity index is 870. The number of nitrogens with one attached hydrogen (secondary N) is 1. The van der Waals surface area contributed by atoms with Crippen molar-refractivity contribution < 1.29 is 29.3 Å². The minimum Gasteiger partial charge on any atom is -0.464 e. The molecule has 2 rings (SSSR count). The topological polar surface area (TPSA) is 105 Å². The van der Waals surface area contributed by atoms with Gasteiger partial charge in [0.15, 0.2) is 6.10 Å². The molecule has 0 aliphatic carbocycles. The number of aliphatic hydroxyl groups is 2. The second kappa shape index (κ2) is 12.0. The SMILES string of the molecule is CCOC(=O)[C@H](O)[C@@H](O)[C@H](Cc1ccc(-c2cc(Cl)cc(Cl)c2)cc1)NC(=O)COC. The predicted octanol–water partition coefficient (Wildman–Crippen LogP) is 2.62. The maximum absolute atomic E-state index is 12.0. The lowest BCUT2D eigenvalue weighted by Gasteiger charge is -2.27. The predicted molar refractivity (Wildman–Crippen MR) is 118 cm³/mol. The molecular formula is C22H25Cl2NO6. The van der Waals surface area contributed by atoms with E-state index in [0.717, 1.165) is 16.7 Å². The number of hydrogen-bond acceptors (Lipinski definition) is 6. The number of carbonyl (C=O) groups is 2. The number of hydrogen-bond donors (Lipinski definition) is 3. The van der Waals surface area contributed by atoms with Crippen LogP contribution in [0, 0.1) is 0 Å². The van der Waals surface area contributed by atoms with Gasteiger partial charge in [0.1, 0.15) is 12.7 Å². The molecule has 2 aromatic carbocycles. The van der Waals surface area contributed by atoms with Gasteiger partial charge < -0.3 is 25.0 Å². The Kier molecular flexibility index (Phi) is 9.74. The first kappa shape index (κ1) is 25.1. The number of benzene rings is 2. The molecule has 1 amide bonds. The third-order valence-electron chi connectivity index (χ3n) is 4.49. The maximum atomic E-state index is 12.0. The van der Waals surface area contributed by atoms with E-state index in [9.17, 15) is 19.8 Å². The van der Waals surface area contributed by atoms with Crippen molar-refractivity contribution >= 4 is 35.1 Å². The summed E-state index contributed by atoms with van der Waals surface area (Å²) in [7, 11) is 1.36. The lowest BCUT2D eigenvalue weighted by atomic mass is 9.96. The van der Waals surface area contributed by atoms with Crippen molar-refractivity contribution in [3.05, 3.63) is 58.1 Å². The standard InChI is InChI=1S/C22H25Cl2NO6/c1-3-31-22(29)21(28)20(27)18(25-19(26)12-30-2)8-13-4-6-14(7-5-13)15-9-16(23)11-17(24)10-15/h4-7,9-11,18,20-21,27-28H,3,8,12H2,1-2H3,(H,25,26)/t18-,20-,21+/m0/s1. The number of amides is 1. The van der Waals surface area contributed by atoms with Crippen LogP contribution in [0.25, 0.3) is 11.1 Å². The molecule has 0 aromatic heterocycles. The van der Waals surface area contributed by atoms with Crippen molar-refractivity contribution in [2.75, 3.05) is 20.3 Å². The summed E-state index contributed by atoms with van der Waals surface area (Å²) in [5.41, 5.74) is 2.47. The molecule has 2 aromatic rings. The maximum Gasteiger partial charge on any atom is 0.337 e. The van der Waals surface area contributed by atoms with Gasteiger partial charge in [0.2, 0.25) is 5.91 Å². The molecule has 9 heteroatoms. The molecule has 0 unspecified atom stereocenters. The van der Waals surface area contributed by atoms with Gasteiger partial charge in [-0.1, -0.05) is 47.5 Å². The Balaban J connectivity index is 2.20. The number of rotatable bonds is 10. The Morgan fingerprint density at radius 1 is 1.03 bits per heavy atom. The fourth-order valence-electron chi connectivity index (χ4n) is 3.03. The zero-order valence-corrected chi connectivity index (χ0v) is 18.7. The summed E-state index contributed by atoms with van der Waals surface area (Å²) < 4.78 is 9.55. The van der Waals surface area contributed by atoms with Gasteiger partial charge in [0.25, 0.3) is 0 Å². The third-order valence-corrected chi connectivity index (χ3v) is 4.93. The van der Waals surface area contributed by atoms with Crippen LogP contribution >= 0.6 is 23.2 Å². The van der Waals surface area contributed by atoms with Crippen molar-refractivity contribution in [1.29, 1.82) is 0 Å². The summed E-state index contributed by atoms with van der Waals surface area (Å²) in [6.45, 7) is 1.41. The highest BCUT2D eigenvalue weighted by molar-refractivity contribution is 6.35. The van der Waals surface area contributed by atoms with Crippen molar-refractivity contribution in [2.24, 2.45) is 0 Å². The highest BCUT2D eigenvalue weighted by Gasteiger charge is 2.33.